The van der Waals surface area contributed by atoms with Crippen LogP contribution in [0, 0.1) is 0 Å². The second-order valence-electron chi connectivity index (χ2n) is 9.39. The van der Waals surface area contributed by atoms with Crippen molar-refractivity contribution in [1.29, 1.82) is 0 Å². The standard InChI is InChI=1S/C30H31ClO7S/c1-5-25-28(35-17(2)32)30(37-19(4)34)29(36-18(3)33)27(38-25)21-11-13-24(31)22(15-21)16-23-12-14-26(39-23)20-9-7-6-8-10-20/h6-15,25,27-30H,5,16H2,1-4H3/t25-,27?,28-,29-,30+/m1/s1. The zero-order valence-electron chi connectivity index (χ0n) is 22.2. The number of esters is 3. The number of hydrogen-bond donors (Lipinski definition) is 0. The minimum atomic E-state index is -1.05. The van der Waals surface area contributed by atoms with Gasteiger partial charge in [-0.2, -0.15) is 0 Å². The van der Waals surface area contributed by atoms with Crippen LogP contribution in [0.15, 0.2) is 60.7 Å². The van der Waals surface area contributed by atoms with E-state index in [0.29, 0.717) is 23.4 Å². The van der Waals surface area contributed by atoms with Crippen LogP contribution < -0.4 is 0 Å². The van der Waals surface area contributed by atoms with Crippen LogP contribution in [-0.2, 0) is 39.8 Å². The molecule has 0 amide bonds. The van der Waals surface area contributed by atoms with Crippen molar-refractivity contribution >= 4 is 40.8 Å². The maximum absolute atomic E-state index is 12.1. The molecule has 2 aromatic carbocycles. The van der Waals surface area contributed by atoms with Gasteiger partial charge in [-0.1, -0.05) is 61.0 Å². The van der Waals surface area contributed by atoms with Crippen LogP contribution in [0.5, 0.6) is 0 Å². The van der Waals surface area contributed by atoms with E-state index in [1.807, 2.05) is 31.2 Å². The van der Waals surface area contributed by atoms with E-state index in [-0.39, 0.29) is 0 Å². The fourth-order valence-electron chi connectivity index (χ4n) is 4.82. The Bertz CT molecular complexity index is 1320. The number of benzene rings is 2. The quantitative estimate of drug-likeness (QED) is 0.232. The van der Waals surface area contributed by atoms with Gasteiger partial charge in [-0.3, -0.25) is 14.4 Å². The Hall–Kier alpha value is -3.20. The lowest BCUT2D eigenvalue weighted by Gasteiger charge is -2.44. The largest absolute Gasteiger partial charge is 0.456 e. The lowest BCUT2D eigenvalue weighted by molar-refractivity contribution is -0.249. The van der Waals surface area contributed by atoms with Gasteiger partial charge in [0.2, 0.25) is 0 Å². The van der Waals surface area contributed by atoms with Gasteiger partial charge in [0.15, 0.2) is 18.3 Å². The molecule has 1 aromatic heterocycles. The zero-order valence-corrected chi connectivity index (χ0v) is 23.8. The van der Waals surface area contributed by atoms with Crippen molar-refractivity contribution in [2.45, 2.75) is 71.1 Å². The van der Waals surface area contributed by atoms with Gasteiger partial charge < -0.3 is 18.9 Å². The van der Waals surface area contributed by atoms with Crippen LogP contribution in [0.3, 0.4) is 0 Å². The molecule has 0 N–H and O–H groups in total. The Balaban J connectivity index is 1.68. The molecular formula is C30H31ClO7S. The summed E-state index contributed by atoms with van der Waals surface area (Å²) in [5.41, 5.74) is 2.73. The highest BCUT2D eigenvalue weighted by Gasteiger charge is 2.51. The third kappa shape index (κ3) is 7.06. The molecular weight excluding hydrogens is 540 g/mol. The average Bonchev–Trinajstić information content (AvgIpc) is 3.36. The van der Waals surface area contributed by atoms with E-state index >= 15 is 0 Å². The van der Waals surface area contributed by atoms with Gasteiger partial charge in [0.1, 0.15) is 6.10 Å². The smallest absolute Gasteiger partial charge is 0.303 e. The molecule has 1 unspecified atom stereocenters. The highest BCUT2D eigenvalue weighted by Crippen LogP contribution is 2.40. The lowest BCUT2D eigenvalue weighted by atomic mass is 9.88. The van der Waals surface area contributed by atoms with Gasteiger partial charge in [0.05, 0.1) is 6.10 Å². The average molecular weight is 571 g/mol. The summed E-state index contributed by atoms with van der Waals surface area (Å²) in [4.78, 5) is 38.4. The summed E-state index contributed by atoms with van der Waals surface area (Å²) < 4.78 is 23.1. The first kappa shape index (κ1) is 28.8. The molecule has 3 aromatic rings. The number of thiophene rings is 1. The fraction of sp³-hybridized carbons (Fsp3) is 0.367. The highest BCUT2D eigenvalue weighted by atomic mass is 35.5. The summed E-state index contributed by atoms with van der Waals surface area (Å²) in [6.07, 6.45) is -3.35. The molecule has 1 saturated heterocycles. The molecule has 4 rings (SSSR count). The summed E-state index contributed by atoms with van der Waals surface area (Å²) in [7, 11) is 0. The third-order valence-electron chi connectivity index (χ3n) is 6.43. The van der Waals surface area contributed by atoms with Gasteiger partial charge in [-0.25, -0.2) is 0 Å². The monoisotopic (exact) mass is 570 g/mol. The second kappa shape index (κ2) is 12.8. The van der Waals surface area contributed by atoms with Crippen molar-refractivity contribution in [3.05, 3.63) is 81.7 Å². The van der Waals surface area contributed by atoms with Crippen molar-refractivity contribution in [2.75, 3.05) is 0 Å². The summed E-state index contributed by atoms with van der Waals surface area (Å²) in [5, 5.41) is 0.592. The van der Waals surface area contributed by atoms with Crippen molar-refractivity contribution < 1.29 is 33.3 Å². The van der Waals surface area contributed by atoms with Gasteiger partial charge in [0, 0.05) is 42.0 Å². The Labute approximate surface area is 237 Å². The number of ether oxygens (including phenoxy) is 4. The second-order valence-corrected chi connectivity index (χ2v) is 11.0. The first-order valence-electron chi connectivity index (χ1n) is 12.8. The zero-order chi connectivity index (χ0) is 28.1. The fourth-order valence-corrected chi connectivity index (χ4v) is 6.04. The topological polar surface area (TPSA) is 88.1 Å². The van der Waals surface area contributed by atoms with E-state index in [9.17, 15) is 14.4 Å². The molecule has 0 saturated carbocycles. The molecule has 1 aliphatic rings. The molecule has 2 heterocycles. The van der Waals surface area contributed by atoms with Gasteiger partial charge >= 0.3 is 17.9 Å². The van der Waals surface area contributed by atoms with E-state index in [1.54, 1.807) is 23.5 Å². The van der Waals surface area contributed by atoms with E-state index < -0.39 is 48.4 Å². The molecule has 9 heteroatoms. The number of rotatable bonds is 8. The number of carbonyl (C=O) groups excluding carboxylic acids is 3. The maximum Gasteiger partial charge on any atom is 0.303 e. The molecule has 0 bridgehead atoms. The molecule has 1 aliphatic heterocycles. The van der Waals surface area contributed by atoms with Gasteiger partial charge in [-0.15, -0.1) is 11.3 Å². The van der Waals surface area contributed by atoms with Crippen LogP contribution >= 0.6 is 22.9 Å². The van der Waals surface area contributed by atoms with E-state index in [2.05, 4.69) is 24.3 Å². The third-order valence-corrected chi connectivity index (χ3v) is 7.93. The summed E-state index contributed by atoms with van der Waals surface area (Å²) in [6.45, 7) is 5.67. The molecule has 0 spiro atoms. The predicted molar refractivity (Wildman–Crippen MR) is 149 cm³/mol. The SMILES string of the molecule is CC[C@H]1OC(c2ccc(Cl)c(Cc3ccc(-c4ccccc4)s3)c2)[C@@H](OC(C)=O)[C@@H](OC(C)=O)[C@@H]1OC(C)=O. The summed E-state index contributed by atoms with van der Waals surface area (Å²) >= 11 is 8.31. The van der Waals surface area contributed by atoms with Crippen LogP contribution in [0.1, 0.15) is 56.2 Å². The minimum absolute atomic E-state index is 0.469. The lowest BCUT2D eigenvalue weighted by Crippen LogP contribution is -2.58. The van der Waals surface area contributed by atoms with Gasteiger partial charge in [-0.05, 0) is 41.3 Å². The van der Waals surface area contributed by atoms with Crippen molar-refractivity contribution in [3.63, 3.8) is 0 Å². The Morgan fingerprint density at radius 2 is 1.49 bits per heavy atom. The maximum atomic E-state index is 12.1. The molecule has 7 nitrogen and oxygen atoms in total. The van der Waals surface area contributed by atoms with E-state index in [1.165, 1.54) is 20.8 Å². The molecule has 206 valence electrons. The van der Waals surface area contributed by atoms with Crippen LogP contribution in [0.2, 0.25) is 5.02 Å². The minimum Gasteiger partial charge on any atom is -0.456 e. The molecule has 0 aliphatic carbocycles. The predicted octanol–water partition coefficient (Wildman–Crippen LogP) is 6.30. The highest BCUT2D eigenvalue weighted by molar-refractivity contribution is 7.15. The molecule has 1 fully saturated rings. The first-order chi connectivity index (χ1) is 18.7. The van der Waals surface area contributed by atoms with Crippen molar-refractivity contribution in [3.8, 4) is 10.4 Å². The number of hydrogen-bond acceptors (Lipinski definition) is 8. The van der Waals surface area contributed by atoms with E-state index in [0.717, 1.165) is 20.9 Å². The van der Waals surface area contributed by atoms with Crippen LogP contribution in [0.25, 0.3) is 10.4 Å². The van der Waals surface area contributed by atoms with Crippen LogP contribution in [0.4, 0.5) is 0 Å². The first-order valence-corrected chi connectivity index (χ1v) is 13.9. The molecule has 0 radical (unpaired) electrons. The summed E-state index contributed by atoms with van der Waals surface area (Å²) in [6, 6.07) is 19.9. The normalized spacial score (nSPS) is 22.6. The van der Waals surface area contributed by atoms with Crippen LogP contribution in [-0.4, -0.2) is 42.3 Å². The molecule has 39 heavy (non-hydrogen) atoms. The molecule has 5 atom stereocenters. The van der Waals surface area contributed by atoms with E-state index in [4.69, 9.17) is 30.5 Å². The number of carbonyl (C=O) groups is 3. The van der Waals surface area contributed by atoms with Gasteiger partial charge in [0.25, 0.3) is 0 Å². The van der Waals surface area contributed by atoms with Crippen molar-refractivity contribution in [1.82, 2.24) is 0 Å². The van der Waals surface area contributed by atoms with Crippen molar-refractivity contribution in [2.24, 2.45) is 0 Å². The Kier molecular flexibility index (Phi) is 9.43. The Morgan fingerprint density at radius 3 is 2.13 bits per heavy atom. The number of halogens is 1. The summed E-state index contributed by atoms with van der Waals surface area (Å²) in [5.74, 6) is -1.73. The Morgan fingerprint density at radius 1 is 0.846 bits per heavy atom.